The Morgan fingerprint density at radius 1 is 1.27 bits per heavy atom. The fraction of sp³-hybridized carbons (Fsp3) is 0.462. The zero-order valence-electron chi connectivity index (χ0n) is 10.3. The van der Waals surface area contributed by atoms with Crippen molar-refractivity contribution >= 4 is 5.65 Å². The summed E-state index contributed by atoms with van der Waals surface area (Å²) in [6.45, 7) is 10.5. The highest BCUT2D eigenvalue weighted by molar-refractivity contribution is 5.48. The molecule has 0 aliphatic heterocycles. The maximum Gasteiger partial charge on any atom is 0.139 e. The predicted octanol–water partition coefficient (Wildman–Crippen LogP) is 3.79. The molecule has 0 N–H and O–H groups in total. The van der Waals surface area contributed by atoms with Crippen molar-refractivity contribution in [2.24, 2.45) is 0 Å². The van der Waals surface area contributed by atoms with Gasteiger partial charge in [-0.2, -0.15) is 0 Å². The molecule has 2 aromatic heterocycles. The van der Waals surface area contributed by atoms with Crippen molar-refractivity contribution in [2.45, 2.75) is 40.5 Å². The fourth-order valence-electron chi connectivity index (χ4n) is 1.60. The molecule has 0 saturated heterocycles. The number of fused-ring (bicyclic) bond motifs is 1. The summed E-state index contributed by atoms with van der Waals surface area (Å²) in [6.07, 6.45) is 4.04. The Morgan fingerprint density at radius 2 is 1.93 bits per heavy atom. The van der Waals surface area contributed by atoms with E-state index in [9.17, 15) is 0 Å². The van der Waals surface area contributed by atoms with Gasteiger partial charge in [-0.25, -0.2) is 4.98 Å². The van der Waals surface area contributed by atoms with E-state index < -0.39 is 0 Å². The molecule has 0 aromatic carbocycles. The van der Waals surface area contributed by atoms with E-state index in [0.717, 1.165) is 5.65 Å². The first-order valence-corrected chi connectivity index (χ1v) is 5.62. The summed E-state index contributed by atoms with van der Waals surface area (Å²) in [4.78, 5) is 4.40. The van der Waals surface area contributed by atoms with Gasteiger partial charge < -0.3 is 4.40 Å². The minimum atomic E-state index is 0.525. The zero-order chi connectivity index (χ0) is 11.4. The van der Waals surface area contributed by atoms with Crippen LogP contribution in [0.15, 0.2) is 24.5 Å². The van der Waals surface area contributed by atoms with Crippen LogP contribution in [0.3, 0.4) is 0 Å². The molecule has 0 bridgehead atoms. The lowest BCUT2D eigenvalue weighted by molar-refractivity contribution is 0.808. The Kier molecular flexibility index (Phi) is 3.89. The van der Waals surface area contributed by atoms with Gasteiger partial charge in [0.05, 0.1) is 0 Å². The Labute approximate surface area is 92.0 Å². The van der Waals surface area contributed by atoms with Gasteiger partial charge in [-0.05, 0) is 24.5 Å². The number of imidazole rings is 1. The quantitative estimate of drug-likeness (QED) is 0.690. The van der Waals surface area contributed by atoms with Gasteiger partial charge in [0.1, 0.15) is 5.65 Å². The minimum absolute atomic E-state index is 0.525. The van der Waals surface area contributed by atoms with Crippen LogP contribution < -0.4 is 0 Å². The Bertz CT molecular complexity index is 427. The smallest absolute Gasteiger partial charge is 0.139 e. The molecule has 15 heavy (non-hydrogen) atoms. The SMILES string of the molecule is CC.Cc1cccn2c(C(C)C)cnc12. The Balaban J connectivity index is 0.000000531. The summed E-state index contributed by atoms with van der Waals surface area (Å²) in [5.41, 5.74) is 3.58. The second-order valence-electron chi connectivity index (χ2n) is 3.72. The van der Waals surface area contributed by atoms with E-state index in [-0.39, 0.29) is 0 Å². The van der Waals surface area contributed by atoms with Gasteiger partial charge >= 0.3 is 0 Å². The summed E-state index contributed by atoms with van der Waals surface area (Å²) in [7, 11) is 0. The van der Waals surface area contributed by atoms with Gasteiger partial charge in [-0.3, -0.25) is 0 Å². The molecule has 0 unspecified atom stereocenters. The summed E-state index contributed by atoms with van der Waals surface area (Å²) in [5.74, 6) is 0.525. The molecule has 0 fully saturated rings. The highest BCUT2D eigenvalue weighted by atomic mass is 15.0. The van der Waals surface area contributed by atoms with E-state index in [2.05, 4.69) is 48.5 Å². The van der Waals surface area contributed by atoms with Gasteiger partial charge in [0.25, 0.3) is 0 Å². The third-order valence-electron chi connectivity index (χ3n) is 2.35. The Hall–Kier alpha value is -1.31. The number of hydrogen-bond donors (Lipinski definition) is 0. The lowest BCUT2D eigenvalue weighted by Crippen LogP contribution is -1.94. The van der Waals surface area contributed by atoms with Crippen molar-refractivity contribution in [2.75, 3.05) is 0 Å². The molecule has 2 nitrogen and oxygen atoms in total. The summed E-state index contributed by atoms with van der Waals surface area (Å²) in [6, 6.07) is 4.16. The molecule has 0 aliphatic rings. The molecule has 0 aliphatic carbocycles. The standard InChI is InChI=1S/C11H14N2.C2H6/c1-8(2)10-7-12-11-9(3)5-4-6-13(10)11;1-2/h4-8H,1-3H3;1-2H3. The predicted molar refractivity (Wildman–Crippen MR) is 65.4 cm³/mol. The molecule has 0 saturated carbocycles. The van der Waals surface area contributed by atoms with Crippen LogP contribution in [0.2, 0.25) is 0 Å². The highest BCUT2D eigenvalue weighted by Crippen LogP contribution is 2.17. The second kappa shape index (κ2) is 4.96. The molecular formula is C13H20N2. The van der Waals surface area contributed by atoms with E-state index in [1.807, 2.05) is 20.0 Å². The number of hydrogen-bond acceptors (Lipinski definition) is 1. The molecule has 0 radical (unpaired) electrons. The van der Waals surface area contributed by atoms with Crippen molar-refractivity contribution in [1.29, 1.82) is 0 Å². The van der Waals surface area contributed by atoms with Crippen LogP contribution in [0.25, 0.3) is 5.65 Å². The topological polar surface area (TPSA) is 17.3 Å². The molecule has 0 atom stereocenters. The number of nitrogens with zero attached hydrogens (tertiary/aromatic N) is 2. The first kappa shape index (κ1) is 11.8. The van der Waals surface area contributed by atoms with Gasteiger partial charge in [0, 0.05) is 18.1 Å². The summed E-state index contributed by atoms with van der Waals surface area (Å²) < 4.78 is 2.17. The largest absolute Gasteiger partial charge is 0.304 e. The van der Waals surface area contributed by atoms with Crippen LogP contribution in [0.1, 0.15) is 44.9 Å². The van der Waals surface area contributed by atoms with E-state index >= 15 is 0 Å². The molecular weight excluding hydrogens is 184 g/mol. The molecule has 2 heteroatoms. The number of aromatic nitrogens is 2. The van der Waals surface area contributed by atoms with Crippen molar-refractivity contribution in [3.8, 4) is 0 Å². The normalized spacial score (nSPS) is 10.3. The third kappa shape index (κ3) is 2.20. The maximum absolute atomic E-state index is 4.40. The molecule has 82 valence electrons. The van der Waals surface area contributed by atoms with Gasteiger partial charge in [-0.15, -0.1) is 0 Å². The van der Waals surface area contributed by atoms with Crippen LogP contribution in [-0.2, 0) is 0 Å². The van der Waals surface area contributed by atoms with Crippen LogP contribution in [-0.4, -0.2) is 9.38 Å². The van der Waals surface area contributed by atoms with E-state index in [0.29, 0.717) is 5.92 Å². The highest BCUT2D eigenvalue weighted by Gasteiger charge is 2.06. The van der Waals surface area contributed by atoms with E-state index in [4.69, 9.17) is 0 Å². The molecule has 2 heterocycles. The number of rotatable bonds is 1. The monoisotopic (exact) mass is 204 g/mol. The van der Waals surface area contributed by atoms with Crippen LogP contribution in [0.4, 0.5) is 0 Å². The second-order valence-corrected chi connectivity index (χ2v) is 3.72. The lowest BCUT2D eigenvalue weighted by atomic mass is 10.1. The molecule has 2 rings (SSSR count). The average Bonchev–Trinajstić information content (AvgIpc) is 2.66. The van der Waals surface area contributed by atoms with Crippen LogP contribution in [0, 0.1) is 6.92 Å². The molecule has 0 spiro atoms. The van der Waals surface area contributed by atoms with Crippen molar-refractivity contribution in [3.05, 3.63) is 35.8 Å². The van der Waals surface area contributed by atoms with Gasteiger partial charge in [0.2, 0.25) is 0 Å². The van der Waals surface area contributed by atoms with Crippen molar-refractivity contribution in [3.63, 3.8) is 0 Å². The number of pyridine rings is 1. The zero-order valence-corrected chi connectivity index (χ0v) is 10.3. The van der Waals surface area contributed by atoms with Crippen molar-refractivity contribution in [1.82, 2.24) is 9.38 Å². The summed E-state index contributed by atoms with van der Waals surface area (Å²) in [5, 5.41) is 0. The molecule has 0 amide bonds. The van der Waals surface area contributed by atoms with Gasteiger partial charge in [-0.1, -0.05) is 33.8 Å². The Morgan fingerprint density at radius 3 is 2.53 bits per heavy atom. The number of aryl methyl sites for hydroxylation is 1. The third-order valence-corrected chi connectivity index (χ3v) is 2.35. The first-order chi connectivity index (χ1) is 7.20. The van der Waals surface area contributed by atoms with E-state index in [1.54, 1.807) is 0 Å². The van der Waals surface area contributed by atoms with E-state index in [1.165, 1.54) is 11.3 Å². The van der Waals surface area contributed by atoms with Crippen LogP contribution in [0.5, 0.6) is 0 Å². The lowest BCUT2D eigenvalue weighted by Gasteiger charge is -2.04. The minimum Gasteiger partial charge on any atom is -0.304 e. The van der Waals surface area contributed by atoms with Crippen LogP contribution >= 0.6 is 0 Å². The molecule has 2 aromatic rings. The fourth-order valence-corrected chi connectivity index (χ4v) is 1.60. The maximum atomic E-state index is 4.40. The van der Waals surface area contributed by atoms with Gasteiger partial charge in [0.15, 0.2) is 0 Å². The first-order valence-electron chi connectivity index (χ1n) is 5.62. The van der Waals surface area contributed by atoms with Crippen molar-refractivity contribution < 1.29 is 0 Å². The average molecular weight is 204 g/mol. The summed E-state index contributed by atoms with van der Waals surface area (Å²) >= 11 is 0.